The number of hydrogen-bond donors (Lipinski definition) is 2. The van der Waals surface area contributed by atoms with Gasteiger partial charge in [-0.2, -0.15) is 15.0 Å². The third-order valence-corrected chi connectivity index (χ3v) is 2.54. The highest BCUT2D eigenvalue weighted by molar-refractivity contribution is 5.38. The molecule has 0 saturated carbocycles. The highest BCUT2D eigenvalue weighted by Crippen LogP contribution is 2.19. The summed E-state index contributed by atoms with van der Waals surface area (Å²) in [6.45, 7) is 2.06. The minimum absolute atomic E-state index is 0.0559. The van der Waals surface area contributed by atoms with E-state index in [1.807, 2.05) is 0 Å². The van der Waals surface area contributed by atoms with Crippen LogP contribution in [0.3, 0.4) is 0 Å². The SMILES string of the molecule is CNc1nc(OCCO)nc(N2CCCC2)n1. The molecule has 0 spiro atoms. The monoisotopic (exact) mass is 239 g/mol. The maximum atomic E-state index is 8.71. The predicted octanol–water partition coefficient (Wildman–Crippen LogP) is -0.115. The molecular weight excluding hydrogens is 222 g/mol. The van der Waals surface area contributed by atoms with Crippen LogP contribution >= 0.6 is 0 Å². The van der Waals surface area contributed by atoms with Crippen LogP contribution in [0.5, 0.6) is 6.01 Å². The van der Waals surface area contributed by atoms with E-state index in [9.17, 15) is 0 Å². The maximum Gasteiger partial charge on any atom is 0.323 e. The van der Waals surface area contributed by atoms with Crippen LogP contribution in [-0.2, 0) is 0 Å². The van der Waals surface area contributed by atoms with Gasteiger partial charge >= 0.3 is 6.01 Å². The minimum Gasteiger partial charge on any atom is -0.461 e. The van der Waals surface area contributed by atoms with E-state index in [4.69, 9.17) is 9.84 Å². The Bertz CT molecular complexity index is 368. The first-order valence-corrected chi connectivity index (χ1v) is 5.76. The molecule has 2 rings (SSSR count). The van der Waals surface area contributed by atoms with Gasteiger partial charge in [-0.05, 0) is 12.8 Å². The van der Waals surface area contributed by atoms with Gasteiger partial charge in [0, 0.05) is 20.1 Å². The van der Waals surface area contributed by atoms with Crippen LogP contribution in [0.4, 0.5) is 11.9 Å². The molecule has 0 amide bonds. The average molecular weight is 239 g/mol. The van der Waals surface area contributed by atoms with Crippen molar-refractivity contribution in [3.8, 4) is 6.01 Å². The predicted molar refractivity (Wildman–Crippen MR) is 63.4 cm³/mol. The zero-order chi connectivity index (χ0) is 12.1. The second-order valence-corrected chi connectivity index (χ2v) is 3.76. The van der Waals surface area contributed by atoms with Crippen molar-refractivity contribution in [2.75, 3.05) is 43.6 Å². The summed E-state index contributed by atoms with van der Waals surface area (Å²) >= 11 is 0. The summed E-state index contributed by atoms with van der Waals surface area (Å²) in [5.74, 6) is 1.12. The number of ether oxygens (including phenoxy) is 1. The Hall–Kier alpha value is -1.63. The van der Waals surface area contributed by atoms with Crippen molar-refractivity contribution in [1.29, 1.82) is 0 Å². The van der Waals surface area contributed by atoms with E-state index in [-0.39, 0.29) is 19.2 Å². The topological polar surface area (TPSA) is 83.4 Å². The molecule has 17 heavy (non-hydrogen) atoms. The van der Waals surface area contributed by atoms with E-state index in [1.165, 1.54) is 0 Å². The molecule has 0 radical (unpaired) electrons. The Labute approximate surface area is 99.9 Å². The third kappa shape index (κ3) is 2.94. The van der Waals surface area contributed by atoms with Gasteiger partial charge in [-0.15, -0.1) is 0 Å². The van der Waals surface area contributed by atoms with Gasteiger partial charge in [0.1, 0.15) is 6.61 Å². The quantitative estimate of drug-likeness (QED) is 0.741. The zero-order valence-corrected chi connectivity index (χ0v) is 9.89. The van der Waals surface area contributed by atoms with Gasteiger partial charge < -0.3 is 20.1 Å². The molecule has 0 aliphatic carbocycles. The summed E-state index contributed by atoms with van der Waals surface area (Å²) in [5.41, 5.74) is 0. The van der Waals surface area contributed by atoms with Crippen molar-refractivity contribution in [3.63, 3.8) is 0 Å². The summed E-state index contributed by atoms with van der Waals surface area (Å²) in [6.07, 6.45) is 2.32. The average Bonchev–Trinajstić information content (AvgIpc) is 2.89. The van der Waals surface area contributed by atoms with Gasteiger partial charge in [0.15, 0.2) is 0 Å². The van der Waals surface area contributed by atoms with Gasteiger partial charge in [0.25, 0.3) is 0 Å². The largest absolute Gasteiger partial charge is 0.461 e. The third-order valence-electron chi connectivity index (χ3n) is 2.54. The Morgan fingerprint density at radius 1 is 1.29 bits per heavy atom. The molecule has 1 fully saturated rings. The number of nitrogens with one attached hydrogen (secondary N) is 1. The number of hydrogen-bond acceptors (Lipinski definition) is 7. The van der Waals surface area contributed by atoms with Crippen molar-refractivity contribution in [2.45, 2.75) is 12.8 Å². The van der Waals surface area contributed by atoms with Crippen LogP contribution in [0.25, 0.3) is 0 Å². The number of rotatable bonds is 5. The van der Waals surface area contributed by atoms with E-state index >= 15 is 0 Å². The second-order valence-electron chi connectivity index (χ2n) is 3.76. The molecule has 7 heteroatoms. The van der Waals surface area contributed by atoms with Crippen molar-refractivity contribution in [2.24, 2.45) is 0 Å². The van der Waals surface area contributed by atoms with Gasteiger partial charge in [-0.3, -0.25) is 0 Å². The van der Waals surface area contributed by atoms with E-state index in [0.29, 0.717) is 11.9 Å². The maximum absolute atomic E-state index is 8.71. The zero-order valence-electron chi connectivity index (χ0n) is 9.89. The lowest BCUT2D eigenvalue weighted by Gasteiger charge is -2.16. The fourth-order valence-corrected chi connectivity index (χ4v) is 1.72. The van der Waals surface area contributed by atoms with Crippen LogP contribution in [-0.4, -0.2) is 53.4 Å². The van der Waals surface area contributed by atoms with Crippen LogP contribution in [0.15, 0.2) is 0 Å². The van der Waals surface area contributed by atoms with Gasteiger partial charge in [-0.1, -0.05) is 0 Å². The Balaban J connectivity index is 2.18. The van der Waals surface area contributed by atoms with Crippen LogP contribution in [0.2, 0.25) is 0 Å². The molecule has 1 aliphatic heterocycles. The van der Waals surface area contributed by atoms with Crippen LogP contribution < -0.4 is 15.0 Å². The number of nitrogens with zero attached hydrogens (tertiary/aromatic N) is 4. The molecule has 0 unspecified atom stereocenters. The Kier molecular flexibility index (Phi) is 3.92. The Morgan fingerprint density at radius 2 is 2.06 bits per heavy atom. The van der Waals surface area contributed by atoms with Crippen molar-refractivity contribution in [1.82, 2.24) is 15.0 Å². The molecule has 0 aromatic carbocycles. The van der Waals surface area contributed by atoms with Gasteiger partial charge in [0.2, 0.25) is 11.9 Å². The molecule has 0 bridgehead atoms. The first kappa shape index (κ1) is 11.8. The number of aliphatic hydroxyl groups excluding tert-OH is 1. The standard InChI is InChI=1S/C10H17N5O2/c1-11-8-12-9(15-4-2-3-5-15)14-10(13-8)17-7-6-16/h16H,2-7H2,1H3,(H,11,12,13,14). The highest BCUT2D eigenvalue weighted by Gasteiger charge is 2.17. The van der Waals surface area contributed by atoms with Crippen LogP contribution in [0, 0.1) is 0 Å². The summed E-state index contributed by atoms with van der Waals surface area (Å²) in [5, 5.41) is 11.6. The molecule has 7 nitrogen and oxygen atoms in total. The second kappa shape index (κ2) is 5.62. The lowest BCUT2D eigenvalue weighted by Crippen LogP contribution is -2.22. The van der Waals surface area contributed by atoms with Crippen molar-refractivity contribution in [3.05, 3.63) is 0 Å². The summed E-state index contributed by atoms with van der Waals surface area (Å²) in [4.78, 5) is 14.7. The summed E-state index contributed by atoms with van der Waals surface area (Å²) in [6, 6.07) is 0.250. The number of aliphatic hydroxyl groups is 1. The summed E-state index contributed by atoms with van der Waals surface area (Å²) in [7, 11) is 1.75. The normalized spacial score (nSPS) is 15.1. The molecule has 1 aromatic rings. The highest BCUT2D eigenvalue weighted by atomic mass is 16.5. The number of aromatic nitrogens is 3. The van der Waals surface area contributed by atoms with E-state index in [0.717, 1.165) is 25.9 Å². The first-order chi connectivity index (χ1) is 8.33. The van der Waals surface area contributed by atoms with Crippen LogP contribution in [0.1, 0.15) is 12.8 Å². The van der Waals surface area contributed by atoms with Gasteiger partial charge in [0.05, 0.1) is 6.61 Å². The molecular formula is C10H17N5O2. The first-order valence-electron chi connectivity index (χ1n) is 5.76. The lowest BCUT2D eigenvalue weighted by atomic mass is 10.4. The molecule has 94 valence electrons. The van der Waals surface area contributed by atoms with E-state index < -0.39 is 0 Å². The summed E-state index contributed by atoms with van der Waals surface area (Å²) < 4.78 is 5.22. The van der Waals surface area contributed by atoms with E-state index in [2.05, 4.69) is 25.2 Å². The Morgan fingerprint density at radius 3 is 2.71 bits per heavy atom. The fourth-order valence-electron chi connectivity index (χ4n) is 1.72. The fraction of sp³-hybridized carbons (Fsp3) is 0.700. The molecule has 1 aliphatic rings. The smallest absolute Gasteiger partial charge is 0.323 e. The van der Waals surface area contributed by atoms with Crippen molar-refractivity contribution >= 4 is 11.9 Å². The molecule has 0 atom stereocenters. The lowest BCUT2D eigenvalue weighted by molar-refractivity contribution is 0.191. The molecule has 1 aromatic heterocycles. The molecule has 2 heterocycles. The van der Waals surface area contributed by atoms with Gasteiger partial charge in [-0.25, -0.2) is 0 Å². The van der Waals surface area contributed by atoms with Crippen molar-refractivity contribution < 1.29 is 9.84 Å². The van der Waals surface area contributed by atoms with E-state index in [1.54, 1.807) is 7.05 Å². The molecule has 1 saturated heterocycles. The number of anilines is 2. The molecule has 2 N–H and O–H groups in total. The minimum atomic E-state index is -0.0559.